The van der Waals surface area contributed by atoms with Crippen LogP contribution in [-0.4, -0.2) is 39.8 Å². The van der Waals surface area contributed by atoms with E-state index in [-0.39, 0.29) is 0 Å². The van der Waals surface area contributed by atoms with Crippen LogP contribution in [0.15, 0.2) is 0 Å². The minimum atomic E-state index is -1.68. The summed E-state index contributed by atoms with van der Waals surface area (Å²) in [6, 6.07) is 0. The Hall–Kier alpha value is 0.530. The van der Waals surface area contributed by atoms with Gasteiger partial charge in [-0.2, -0.15) is 0 Å². The highest BCUT2D eigenvalue weighted by Crippen LogP contribution is 2.64. The summed E-state index contributed by atoms with van der Waals surface area (Å²) < 4.78 is 8.37. The molecule has 0 aliphatic heterocycles. The van der Waals surface area contributed by atoms with E-state index in [1.165, 1.54) is 106 Å². The van der Waals surface area contributed by atoms with Gasteiger partial charge in [0.2, 0.25) is 0 Å². The maximum Gasteiger partial charge on any atom is 0.119 e. The van der Waals surface area contributed by atoms with E-state index in [0.29, 0.717) is 0 Å². The lowest BCUT2D eigenvalue weighted by molar-refractivity contribution is 0.312. The zero-order valence-electron chi connectivity index (χ0n) is 20.5. The van der Waals surface area contributed by atoms with E-state index in [2.05, 4.69) is 53.3 Å². The van der Waals surface area contributed by atoms with E-state index in [1.807, 2.05) is 0 Å². The Labute approximate surface area is 183 Å². The molecule has 0 amide bonds. The van der Waals surface area contributed by atoms with Crippen molar-refractivity contribution in [1.82, 2.24) is 0 Å². The Morgan fingerprint density at radius 1 is 0.571 bits per heavy atom. The van der Waals surface area contributed by atoms with Gasteiger partial charge in [-0.3, -0.25) is 0 Å². The number of hydrogen-bond donors (Lipinski definition) is 0. The highest BCUT2D eigenvalue weighted by atomic mass is 32.3. The molecule has 0 aromatic carbocycles. The fourth-order valence-corrected chi connectivity index (χ4v) is 13.9. The Morgan fingerprint density at radius 2 is 0.964 bits per heavy atom. The number of thioether (sulfide) groups is 1. The topological polar surface area (TPSA) is 9.23 Å². The van der Waals surface area contributed by atoms with Crippen LogP contribution in [0.5, 0.6) is 0 Å². The van der Waals surface area contributed by atoms with Crippen molar-refractivity contribution in [3.8, 4) is 0 Å². The zero-order valence-corrected chi connectivity index (χ0v) is 22.1. The van der Waals surface area contributed by atoms with Crippen LogP contribution in [0.4, 0.5) is 0 Å². The molecule has 0 aliphatic carbocycles. The van der Waals surface area contributed by atoms with Crippen molar-refractivity contribution in [3.63, 3.8) is 0 Å². The molecule has 3 heteroatoms. The van der Waals surface area contributed by atoms with Gasteiger partial charge in [-0.1, -0.05) is 91.8 Å². The first-order valence-corrected chi connectivity index (χ1v) is 16.3. The molecule has 0 bridgehead atoms. The van der Waals surface area contributed by atoms with Crippen LogP contribution in [0.3, 0.4) is 0 Å². The molecule has 0 saturated carbocycles. The van der Waals surface area contributed by atoms with E-state index in [9.17, 15) is 0 Å². The van der Waals surface area contributed by atoms with E-state index in [1.54, 1.807) is 4.38 Å². The van der Waals surface area contributed by atoms with Crippen molar-refractivity contribution in [2.45, 2.75) is 119 Å². The minimum Gasteiger partial charge on any atom is -0.335 e. The van der Waals surface area contributed by atoms with Crippen LogP contribution >= 0.6 is 20.5 Å². The number of hydrogen-bond acceptors (Lipinski definition) is 2. The number of unbranched alkanes of at least 4 members (excludes halogenated alkanes) is 6. The monoisotopic (exact) mass is 434 g/mol. The maximum absolute atomic E-state index is 6.81. The van der Waals surface area contributed by atoms with Crippen molar-refractivity contribution in [2.75, 3.05) is 35.4 Å². The molecule has 0 aromatic heterocycles. The highest BCUT2D eigenvalue weighted by molar-refractivity contribution is 8.54. The van der Waals surface area contributed by atoms with E-state index in [4.69, 9.17) is 4.74 Å². The fourth-order valence-electron chi connectivity index (χ4n) is 4.01. The molecule has 0 aliphatic rings. The van der Waals surface area contributed by atoms with Crippen LogP contribution in [0, 0.1) is 0 Å². The summed E-state index contributed by atoms with van der Waals surface area (Å²) in [5.41, 5.74) is 0. The third kappa shape index (κ3) is 9.56. The van der Waals surface area contributed by atoms with Crippen molar-refractivity contribution in [1.29, 1.82) is 0 Å². The molecular formula is C25H54OS2. The SMILES string of the molecule is CCCCOC(SCCCC)=S(CCCC)(CCCC)(CCCC)CCCC. The van der Waals surface area contributed by atoms with Crippen LogP contribution in [0.1, 0.15) is 119 Å². The van der Waals surface area contributed by atoms with Gasteiger partial charge in [0.25, 0.3) is 0 Å². The summed E-state index contributed by atoms with van der Waals surface area (Å²) in [6.07, 6.45) is 15.8. The molecule has 172 valence electrons. The molecule has 0 rings (SSSR count). The first-order chi connectivity index (χ1) is 13.6. The quantitative estimate of drug-likeness (QED) is 0.157. The Morgan fingerprint density at radius 3 is 1.32 bits per heavy atom. The van der Waals surface area contributed by atoms with Crippen molar-refractivity contribution in [3.05, 3.63) is 0 Å². The standard InChI is InChI=1S/C25H54OS2/c1-7-13-19-26-25(27-20-14-8-2)28(21-15-9-3,22-16-10-4,23-17-11-5)24-18-12-6/h7-24H2,1-6H3. The lowest BCUT2D eigenvalue weighted by Gasteiger charge is -2.53. The molecule has 0 heterocycles. The summed E-state index contributed by atoms with van der Waals surface area (Å²) in [6.45, 7) is 15.1. The normalized spacial score (nSPS) is 13.4. The summed E-state index contributed by atoms with van der Waals surface area (Å²) in [5, 5.41) is 0. The molecular weight excluding hydrogens is 380 g/mol. The highest BCUT2D eigenvalue weighted by Gasteiger charge is 2.36. The molecule has 1 nitrogen and oxygen atoms in total. The van der Waals surface area contributed by atoms with E-state index < -0.39 is 8.75 Å². The maximum atomic E-state index is 6.81. The van der Waals surface area contributed by atoms with Gasteiger partial charge < -0.3 is 4.74 Å². The third-order valence-electron chi connectivity index (χ3n) is 6.04. The largest absolute Gasteiger partial charge is 0.335 e. The predicted octanol–water partition coefficient (Wildman–Crippen LogP) is 8.96. The second-order valence-electron chi connectivity index (χ2n) is 8.69. The van der Waals surface area contributed by atoms with Gasteiger partial charge in [-0.15, -0.1) is 0 Å². The van der Waals surface area contributed by atoms with Crippen LogP contribution in [0.25, 0.3) is 0 Å². The van der Waals surface area contributed by atoms with Crippen molar-refractivity contribution >= 4 is 24.9 Å². The summed E-state index contributed by atoms with van der Waals surface area (Å²) in [5.74, 6) is 7.01. The Bertz CT molecular complexity index is 363. The number of ether oxygens (including phenoxy) is 1. The van der Waals surface area contributed by atoms with Gasteiger partial charge in [0.15, 0.2) is 0 Å². The van der Waals surface area contributed by atoms with Gasteiger partial charge in [-0.05, 0) is 61.5 Å². The molecule has 0 spiro atoms. The molecule has 0 fully saturated rings. The van der Waals surface area contributed by atoms with E-state index in [0.717, 1.165) is 6.61 Å². The van der Waals surface area contributed by atoms with Gasteiger partial charge in [0.1, 0.15) is 4.38 Å². The molecule has 0 atom stereocenters. The molecule has 28 heavy (non-hydrogen) atoms. The van der Waals surface area contributed by atoms with E-state index >= 15 is 0 Å². The van der Waals surface area contributed by atoms with Gasteiger partial charge >= 0.3 is 0 Å². The zero-order chi connectivity index (χ0) is 21.2. The smallest absolute Gasteiger partial charge is 0.119 e. The molecule has 0 unspecified atom stereocenters. The summed E-state index contributed by atoms with van der Waals surface area (Å²) in [7, 11) is -1.68. The van der Waals surface area contributed by atoms with Crippen molar-refractivity contribution in [2.24, 2.45) is 0 Å². The molecule has 0 radical (unpaired) electrons. The average Bonchev–Trinajstić information content (AvgIpc) is 2.72. The fraction of sp³-hybridized carbons (Fsp3) is 0.960. The van der Waals surface area contributed by atoms with Gasteiger partial charge in [-0.25, -0.2) is 8.75 Å². The first-order valence-electron chi connectivity index (χ1n) is 12.6. The second kappa shape index (κ2) is 17.2. The minimum absolute atomic E-state index is 0.938. The van der Waals surface area contributed by atoms with Crippen molar-refractivity contribution < 1.29 is 4.74 Å². The van der Waals surface area contributed by atoms with Crippen LogP contribution in [0.2, 0.25) is 0 Å². The van der Waals surface area contributed by atoms with Gasteiger partial charge in [0.05, 0.1) is 6.61 Å². The van der Waals surface area contributed by atoms with Crippen LogP contribution < -0.4 is 0 Å². The molecule has 0 saturated heterocycles. The lowest BCUT2D eigenvalue weighted by atomic mass is 10.4. The van der Waals surface area contributed by atoms with Gasteiger partial charge in [0, 0.05) is 5.75 Å². The third-order valence-corrected chi connectivity index (χ3v) is 15.1. The summed E-state index contributed by atoms with van der Waals surface area (Å²) >= 11 is 2.15. The molecule has 0 aromatic rings. The lowest BCUT2D eigenvalue weighted by Crippen LogP contribution is -2.32. The second-order valence-corrected chi connectivity index (χ2v) is 15.6. The Kier molecular flexibility index (Phi) is 17.6. The first kappa shape index (κ1) is 28.5. The van der Waals surface area contributed by atoms with Crippen LogP contribution in [-0.2, 0) is 4.74 Å². The summed E-state index contributed by atoms with van der Waals surface area (Å²) in [4.78, 5) is 0. The Balaban J connectivity index is 6.40. The molecule has 0 N–H and O–H groups in total. The number of rotatable bonds is 18. The average molecular weight is 435 g/mol. The predicted molar refractivity (Wildman–Crippen MR) is 140 cm³/mol.